The van der Waals surface area contributed by atoms with Gasteiger partial charge in [0.1, 0.15) is 9.90 Å². The summed E-state index contributed by atoms with van der Waals surface area (Å²) in [4.78, 5) is 0.266. The number of hydrogen-bond donors (Lipinski definition) is 1. The van der Waals surface area contributed by atoms with Crippen LogP contribution in [0.4, 0.5) is 13.2 Å². The molecule has 1 N–H and O–H groups in total. The molecular formula is C14H17F3N2O4S2. The van der Waals surface area contributed by atoms with Crippen molar-refractivity contribution in [3.63, 3.8) is 0 Å². The fraction of sp³-hybridized carbons (Fsp3) is 0.500. The minimum Gasteiger partial charge on any atom is -0.379 e. The molecule has 2 aromatic rings. The summed E-state index contributed by atoms with van der Waals surface area (Å²) in [5.41, 5.74) is -0.0656. The highest BCUT2D eigenvalue weighted by Gasteiger charge is 2.36. The monoisotopic (exact) mass is 398 g/mol. The first-order chi connectivity index (χ1) is 11.6. The van der Waals surface area contributed by atoms with Gasteiger partial charge in [0.2, 0.25) is 15.8 Å². The van der Waals surface area contributed by atoms with Crippen molar-refractivity contribution < 1.29 is 30.8 Å². The molecule has 2 heterocycles. The summed E-state index contributed by atoms with van der Waals surface area (Å²) in [6.07, 6.45) is -4.06. The number of halogens is 3. The van der Waals surface area contributed by atoms with Gasteiger partial charge in [0.05, 0.1) is 11.0 Å². The lowest BCUT2D eigenvalue weighted by molar-refractivity contribution is -0.155. The molecule has 0 aliphatic heterocycles. The Bertz CT molecular complexity index is 797. The molecule has 0 unspecified atom stereocenters. The van der Waals surface area contributed by atoms with E-state index in [-0.39, 0.29) is 27.4 Å². The molecule has 0 aliphatic carbocycles. The first-order valence-electron chi connectivity index (χ1n) is 7.35. The molecule has 0 saturated heterocycles. The van der Waals surface area contributed by atoms with Crippen molar-refractivity contribution in [2.45, 2.75) is 36.8 Å². The van der Waals surface area contributed by atoms with E-state index in [1.54, 1.807) is 0 Å². The number of aromatic nitrogens is 1. The second-order valence-corrected chi connectivity index (χ2v) is 8.44. The van der Waals surface area contributed by atoms with Gasteiger partial charge in [0, 0.05) is 19.2 Å². The van der Waals surface area contributed by atoms with Gasteiger partial charge in [-0.05, 0) is 32.4 Å². The molecule has 2 rings (SSSR count). The highest BCUT2D eigenvalue weighted by Crippen LogP contribution is 2.35. The van der Waals surface area contributed by atoms with E-state index in [4.69, 9.17) is 4.74 Å². The number of nitrogens with one attached hydrogen (secondary N) is 1. The van der Waals surface area contributed by atoms with E-state index in [2.05, 4.69) is 14.4 Å². The topological polar surface area (TPSA) is 81.4 Å². The van der Waals surface area contributed by atoms with Crippen molar-refractivity contribution in [1.29, 1.82) is 0 Å². The zero-order valence-electron chi connectivity index (χ0n) is 13.5. The second kappa shape index (κ2) is 7.85. The number of thiophene rings is 1. The van der Waals surface area contributed by atoms with Crippen LogP contribution < -0.4 is 4.72 Å². The Morgan fingerprint density at radius 3 is 2.68 bits per heavy atom. The third-order valence-corrected chi connectivity index (χ3v) is 6.01. The number of hydrogen-bond acceptors (Lipinski definition) is 6. The molecular weight excluding hydrogens is 381 g/mol. The number of ether oxygens (including phenoxy) is 1. The highest BCUT2D eigenvalue weighted by atomic mass is 32.2. The van der Waals surface area contributed by atoms with Gasteiger partial charge in [-0.25, -0.2) is 13.1 Å². The van der Waals surface area contributed by atoms with Crippen LogP contribution in [0.3, 0.4) is 0 Å². The van der Waals surface area contributed by atoms with Gasteiger partial charge in [0.25, 0.3) is 0 Å². The lowest BCUT2D eigenvalue weighted by Gasteiger charge is -2.07. The van der Waals surface area contributed by atoms with Crippen LogP contribution in [-0.4, -0.2) is 32.8 Å². The van der Waals surface area contributed by atoms with E-state index in [1.165, 1.54) is 12.1 Å². The number of rotatable bonds is 8. The number of alkyl halides is 3. The van der Waals surface area contributed by atoms with E-state index in [1.807, 2.05) is 13.8 Å². The summed E-state index contributed by atoms with van der Waals surface area (Å²) < 4.78 is 73.9. The lowest BCUT2D eigenvalue weighted by atomic mass is 10.3. The second-order valence-electron chi connectivity index (χ2n) is 5.36. The Morgan fingerprint density at radius 2 is 2.08 bits per heavy atom. The molecule has 0 atom stereocenters. The Balaban J connectivity index is 2.01. The van der Waals surface area contributed by atoms with E-state index in [0.717, 1.165) is 17.4 Å². The Labute approximate surface area is 147 Å². The Morgan fingerprint density at radius 1 is 1.36 bits per heavy atom. The molecule has 2 aromatic heterocycles. The van der Waals surface area contributed by atoms with Crippen molar-refractivity contribution in [3.8, 4) is 10.6 Å². The van der Waals surface area contributed by atoms with Crippen LogP contribution in [0.25, 0.3) is 10.6 Å². The smallest absolute Gasteiger partial charge is 0.379 e. The number of sulfonamides is 1. The quantitative estimate of drug-likeness (QED) is 0.688. The van der Waals surface area contributed by atoms with Crippen molar-refractivity contribution in [2.75, 3.05) is 13.2 Å². The van der Waals surface area contributed by atoms with Gasteiger partial charge >= 0.3 is 6.18 Å². The Kier molecular flexibility index (Phi) is 6.25. The van der Waals surface area contributed by atoms with Gasteiger partial charge in [-0.15, -0.1) is 11.3 Å². The summed E-state index contributed by atoms with van der Waals surface area (Å²) in [7, 11) is -3.74. The van der Waals surface area contributed by atoms with Crippen LogP contribution in [0.15, 0.2) is 26.9 Å². The summed E-state index contributed by atoms with van der Waals surface area (Å²) in [6, 6.07) is 3.44. The molecule has 6 nitrogen and oxygen atoms in total. The van der Waals surface area contributed by atoms with E-state index in [0.29, 0.717) is 13.0 Å². The number of nitrogens with zero attached hydrogens (tertiary/aromatic N) is 1. The molecule has 0 aromatic carbocycles. The maximum atomic E-state index is 12.5. The lowest BCUT2D eigenvalue weighted by Crippen LogP contribution is -2.25. The summed E-state index contributed by atoms with van der Waals surface area (Å²) in [5.74, 6) is -1.23. The van der Waals surface area contributed by atoms with Gasteiger partial charge in [-0.1, -0.05) is 5.16 Å². The normalized spacial score (nSPS) is 12.9. The predicted octanol–water partition coefficient (Wildman–Crippen LogP) is 3.52. The zero-order chi connectivity index (χ0) is 18.7. The highest BCUT2D eigenvalue weighted by molar-refractivity contribution is 7.91. The van der Waals surface area contributed by atoms with Crippen molar-refractivity contribution in [3.05, 3.63) is 24.0 Å². The van der Waals surface area contributed by atoms with Gasteiger partial charge in [-0.2, -0.15) is 13.2 Å². The van der Waals surface area contributed by atoms with Crippen molar-refractivity contribution >= 4 is 21.4 Å². The van der Waals surface area contributed by atoms with Crippen LogP contribution in [-0.2, 0) is 20.9 Å². The largest absolute Gasteiger partial charge is 0.452 e. The van der Waals surface area contributed by atoms with Crippen molar-refractivity contribution in [1.82, 2.24) is 9.88 Å². The van der Waals surface area contributed by atoms with E-state index in [9.17, 15) is 21.6 Å². The minimum atomic E-state index is -4.64. The van der Waals surface area contributed by atoms with Gasteiger partial charge < -0.3 is 9.26 Å². The molecule has 0 saturated carbocycles. The first kappa shape index (κ1) is 19.9. The fourth-order valence-electron chi connectivity index (χ4n) is 1.80. The van der Waals surface area contributed by atoms with Crippen LogP contribution in [0, 0.1) is 0 Å². The van der Waals surface area contributed by atoms with Gasteiger partial charge in [-0.3, -0.25) is 0 Å². The molecule has 0 fully saturated rings. The average molecular weight is 398 g/mol. The average Bonchev–Trinajstić information content (AvgIpc) is 3.15. The molecule has 0 bridgehead atoms. The molecule has 11 heteroatoms. The summed E-state index contributed by atoms with van der Waals surface area (Å²) >= 11 is 0.814. The van der Waals surface area contributed by atoms with Crippen LogP contribution >= 0.6 is 11.3 Å². The third kappa shape index (κ3) is 5.53. The maximum absolute atomic E-state index is 12.5. The molecule has 0 aliphatic rings. The minimum absolute atomic E-state index is 0.0103. The molecule has 0 amide bonds. The van der Waals surface area contributed by atoms with Gasteiger partial charge in [0.15, 0.2) is 0 Å². The van der Waals surface area contributed by atoms with Crippen LogP contribution in [0.2, 0.25) is 0 Å². The maximum Gasteiger partial charge on any atom is 0.452 e. The SMILES string of the molecule is CC(C)OCCCNS(=O)(=O)c1ccc(-c2cc(C(F)(F)F)on2)s1. The molecule has 0 radical (unpaired) electrons. The summed E-state index contributed by atoms with van der Waals surface area (Å²) in [5, 5.41) is 3.33. The van der Waals surface area contributed by atoms with Crippen molar-refractivity contribution in [2.24, 2.45) is 0 Å². The fourth-order valence-corrected chi connectivity index (χ4v) is 4.17. The zero-order valence-corrected chi connectivity index (χ0v) is 15.1. The predicted molar refractivity (Wildman–Crippen MR) is 85.7 cm³/mol. The van der Waals surface area contributed by atoms with Crippen LogP contribution in [0.5, 0.6) is 0 Å². The Hall–Kier alpha value is -1.43. The molecule has 140 valence electrons. The first-order valence-corrected chi connectivity index (χ1v) is 9.65. The third-order valence-electron chi connectivity index (χ3n) is 2.95. The standard InChI is InChI=1S/C14H17F3N2O4S2/c1-9(2)22-7-3-6-18-25(20,21)13-5-4-11(24-13)10-8-12(23-19-10)14(15,16)17/h4-5,8-9,18H,3,6-7H2,1-2H3. The van der Waals surface area contributed by atoms with E-state index < -0.39 is 22.0 Å². The van der Waals surface area contributed by atoms with E-state index >= 15 is 0 Å². The van der Waals surface area contributed by atoms with Crippen LogP contribution in [0.1, 0.15) is 26.0 Å². The molecule has 0 spiro atoms. The summed E-state index contributed by atoms with van der Waals surface area (Å²) in [6.45, 7) is 4.39. The molecule has 25 heavy (non-hydrogen) atoms.